The molecular formula is C13H27N3O5. The molecule has 0 saturated heterocycles. The minimum Gasteiger partial charge on any atom is -0.480 e. The lowest BCUT2D eigenvalue weighted by Crippen LogP contribution is -2.31. The molecule has 0 spiro atoms. The van der Waals surface area contributed by atoms with Crippen molar-refractivity contribution in [2.45, 2.75) is 25.3 Å². The predicted molar refractivity (Wildman–Crippen MR) is 78.0 cm³/mol. The average molecular weight is 305 g/mol. The molecule has 0 fully saturated rings. The largest absolute Gasteiger partial charge is 0.480 e. The van der Waals surface area contributed by atoms with Crippen LogP contribution in [0.1, 0.15) is 19.3 Å². The molecule has 124 valence electrons. The Labute approximate surface area is 125 Å². The van der Waals surface area contributed by atoms with Gasteiger partial charge in [0, 0.05) is 13.1 Å². The molecule has 0 unspecified atom stereocenters. The molecular weight excluding hydrogens is 278 g/mol. The minimum absolute atomic E-state index is 0.00400. The van der Waals surface area contributed by atoms with Crippen LogP contribution in [0.4, 0.5) is 0 Å². The van der Waals surface area contributed by atoms with Crippen molar-refractivity contribution in [2.24, 2.45) is 5.73 Å². The van der Waals surface area contributed by atoms with E-state index in [9.17, 15) is 9.59 Å². The van der Waals surface area contributed by atoms with Gasteiger partial charge < -0.3 is 30.9 Å². The smallest absolute Gasteiger partial charge is 0.320 e. The number of carboxylic acid groups (broad SMARTS) is 1. The SMILES string of the molecule is CNCCOCCOCC(=O)NCCCC[C@H](N)C(=O)O. The van der Waals surface area contributed by atoms with Crippen LogP contribution in [0, 0.1) is 0 Å². The van der Waals surface area contributed by atoms with Crippen LogP contribution in [-0.4, -0.2) is 69.6 Å². The molecule has 8 heteroatoms. The van der Waals surface area contributed by atoms with Crippen LogP contribution in [0.3, 0.4) is 0 Å². The van der Waals surface area contributed by atoms with Crippen LogP contribution in [0.5, 0.6) is 0 Å². The quantitative estimate of drug-likeness (QED) is 0.302. The van der Waals surface area contributed by atoms with Crippen molar-refractivity contribution in [3.05, 3.63) is 0 Å². The number of carbonyl (C=O) groups excluding carboxylic acids is 1. The third-order valence-corrected chi connectivity index (χ3v) is 2.68. The number of unbranched alkanes of at least 4 members (excludes halogenated alkanes) is 1. The fraction of sp³-hybridized carbons (Fsp3) is 0.846. The van der Waals surface area contributed by atoms with E-state index >= 15 is 0 Å². The van der Waals surface area contributed by atoms with E-state index in [-0.39, 0.29) is 12.5 Å². The molecule has 5 N–H and O–H groups in total. The topological polar surface area (TPSA) is 123 Å². The van der Waals surface area contributed by atoms with E-state index in [1.165, 1.54) is 0 Å². The van der Waals surface area contributed by atoms with Crippen LogP contribution >= 0.6 is 0 Å². The number of amides is 1. The van der Waals surface area contributed by atoms with Gasteiger partial charge in [0.1, 0.15) is 12.6 Å². The standard InChI is InChI=1S/C13H27N3O5/c1-15-6-7-20-8-9-21-10-12(17)16-5-3-2-4-11(14)13(18)19/h11,15H,2-10,14H2,1H3,(H,16,17)(H,18,19)/t11-/m0/s1. The van der Waals surface area contributed by atoms with Crippen LogP contribution in [0.15, 0.2) is 0 Å². The molecule has 0 bridgehead atoms. The van der Waals surface area contributed by atoms with Crippen molar-refractivity contribution in [3.63, 3.8) is 0 Å². The molecule has 0 heterocycles. The summed E-state index contributed by atoms with van der Waals surface area (Å²) in [5.74, 6) is -1.18. The zero-order valence-electron chi connectivity index (χ0n) is 12.6. The number of ether oxygens (including phenoxy) is 2. The van der Waals surface area contributed by atoms with E-state index in [4.69, 9.17) is 20.3 Å². The monoisotopic (exact) mass is 305 g/mol. The van der Waals surface area contributed by atoms with Crippen LogP contribution < -0.4 is 16.4 Å². The summed E-state index contributed by atoms with van der Waals surface area (Å²) in [6.07, 6.45) is 1.76. The van der Waals surface area contributed by atoms with Crippen LogP contribution in [0.25, 0.3) is 0 Å². The molecule has 1 amide bonds. The number of nitrogens with two attached hydrogens (primary N) is 1. The van der Waals surface area contributed by atoms with Gasteiger partial charge in [-0.3, -0.25) is 9.59 Å². The van der Waals surface area contributed by atoms with Crippen molar-refractivity contribution in [2.75, 3.05) is 46.6 Å². The van der Waals surface area contributed by atoms with E-state index < -0.39 is 12.0 Å². The lowest BCUT2D eigenvalue weighted by Gasteiger charge is -2.08. The molecule has 1 atom stereocenters. The number of hydrogen-bond acceptors (Lipinski definition) is 6. The Hall–Kier alpha value is -1.22. The Morgan fingerprint density at radius 3 is 2.52 bits per heavy atom. The minimum atomic E-state index is -0.996. The molecule has 8 nitrogen and oxygen atoms in total. The molecule has 0 rings (SSSR count). The molecule has 0 aliphatic rings. The highest BCUT2D eigenvalue weighted by atomic mass is 16.5. The van der Waals surface area contributed by atoms with E-state index in [0.29, 0.717) is 45.6 Å². The number of carbonyl (C=O) groups is 2. The van der Waals surface area contributed by atoms with E-state index in [2.05, 4.69) is 10.6 Å². The molecule has 0 aromatic rings. The van der Waals surface area contributed by atoms with Crippen molar-refractivity contribution in [1.82, 2.24) is 10.6 Å². The highest BCUT2D eigenvalue weighted by molar-refractivity contribution is 5.77. The Morgan fingerprint density at radius 1 is 1.14 bits per heavy atom. The van der Waals surface area contributed by atoms with Gasteiger partial charge in [0.25, 0.3) is 0 Å². The van der Waals surface area contributed by atoms with Crippen molar-refractivity contribution < 1.29 is 24.2 Å². The molecule has 0 aromatic carbocycles. The van der Waals surface area contributed by atoms with Gasteiger partial charge in [0.05, 0.1) is 19.8 Å². The molecule has 0 aliphatic heterocycles. The summed E-state index contributed by atoms with van der Waals surface area (Å²) in [6, 6.07) is -0.827. The molecule has 0 radical (unpaired) electrons. The number of likely N-dealkylation sites (N-methyl/N-ethyl adjacent to an activating group) is 1. The number of aliphatic carboxylic acids is 1. The molecule has 0 aromatic heterocycles. The first-order chi connectivity index (χ1) is 10.1. The maximum atomic E-state index is 11.4. The summed E-state index contributed by atoms with van der Waals surface area (Å²) >= 11 is 0. The Bertz CT molecular complexity index is 289. The van der Waals surface area contributed by atoms with Gasteiger partial charge >= 0.3 is 5.97 Å². The van der Waals surface area contributed by atoms with E-state index in [1.54, 1.807) is 0 Å². The maximum absolute atomic E-state index is 11.4. The number of carboxylic acids is 1. The van der Waals surface area contributed by atoms with Gasteiger partial charge in [0.2, 0.25) is 5.91 Å². The van der Waals surface area contributed by atoms with Crippen molar-refractivity contribution in [1.29, 1.82) is 0 Å². The fourth-order valence-corrected chi connectivity index (χ4v) is 1.45. The third-order valence-electron chi connectivity index (χ3n) is 2.68. The van der Waals surface area contributed by atoms with E-state index in [0.717, 1.165) is 6.54 Å². The van der Waals surface area contributed by atoms with E-state index in [1.807, 2.05) is 7.05 Å². The average Bonchev–Trinajstić information content (AvgIpc) is 2.45. The summed E-state index contributed by atoms with van der Waals surface area (Å²) in [4.78, 5) is 21.9. The van der Waals surface area contributed by atoms with Gasteiger partial charge in [0.15, 0.2) is 0 Å². The van der Waals surface area contributed by atoms with Crippen LogP contribution in [0.2, 0.25) is 0 Å². The second-order valence-electron chi connectivity index (χ2n) is 4.56. The molecule has 0 saturated carbocycles. The Morgan fingerprint density at radius 2 is 1.86 bits per heavy atom. The summed E-state index contributed by atoms with van der Waals surface area (Å²) in [7, 11) is 1.85. The lowest BCUT2D eigenvalue weighted by atomic mass is 10.1. The summed E-state index contributed by atoms with van der Waals surface area (Å²) in [5.41, 5.74) is 5.36. The van der Waals surface area contributed by atoms with Crippen LogP contribution in [-0.2, 0) is 19.1 Å². The summed E-state index contributed by atoms with van der Waals surface area (Å²) in [5, 5.41) is 14.2. The van der Waals surface area contributed by atoms with Crippen molar-refractivity contribution in [3.8, 4) is 0 Å². The predicted octanol–water partition coefficient (Wildman–Crippen LogP) is -1.06. The highest BCUT2D eigenvalue weighted by Crippen LogP contribution is 1.98. The second kappa shape index (κ2) is 13.7. The Balaban J connectivity index is 3.29. The Kier molecular flexibility index (Phi) is 13.0. The van der Waals surface area contributed by atoms with Crippen molar-refractivity contribution >= 4 is 11.9 Å². The number of nitrogens with one attached hydrogen (secondary N) is 2. The van der Waals surface area contributed by atoms with Gasteiger partial charge in [-0.25, -0.2) is 0 Å². The summed E-state index contributed by atoms with van der Waals surface area (Å²) in [6.45, 7) is 2.74. The molecule has 21 heavy (non-hydrogen) atoms. The van der Waals surface area contributed by atoms with Gasteiger partial charge in [-0.15, -0.1) is 0 Å². The summed E-state index contributed by atoms with van der Waals surface area (Å²) < 4.78 is 10.4. The highest BCUT2D eigenvalue weighted by Gasteiger charge is 2.10. The molecule has 0 aliphatic carbocycles. The first-order valence-electron chi connectivity index (χ1n) is 7.13. The number of hydrogen-bond donors (Lipinski definition) is 4. The second-order valence-corrected chi connectivity index (χ2v) is 4.56. The van der Waals surface area contributed by atoms with Gasteiger partial charge in [-0.1, -0.05) is 0 Å². The first-order valence-corrected chi connectivity index (χ1v) is 7.13. The normalized spacial score (nSPS) is 12.1. The van der Waals surface area contributed by atoms with Gasteiger partial charge in [-0.05, 0) is 26.3 Å². The lowest BCUT2D eigenvalue weighted by molar-refractivity contribution is -0.138. The maximum Gasteiger partial charge on any atom is 0.320 e. The van der Waals surface area contributed by atoms with Gasteiger partial charge in [-0.2, -0.15) is 0 Å². The third kappa shape index (κ3) is 13.5. The first kappa shape index (κ1) is 19.8. The zero-order valence-corrected chi connectivity index (χ0v) is 12.6. The zero-order chi connectivity index (χ0) is 15.9. The number of rotatable bonds is 14. The fourth-order valence-electron chi connectivity index (χ4n) is 1.45.